The van der Waals surface area contributed by atoms with E-state index in [1.54, 1.807) is 0 Å². The molecule has 0 aromatic heterocycles. The van der Waals surface area contributed by atoms with E-state index >= 15 is 0 Å². The second-order valence-electron chi connectivity index (χ2n) is 3.21. The molecule has 0 spiro atoms. The Bertz CT molecular complexity index is 459. The fourth-order valence-corrected chi connectivity index (χ4v) is 1.66. The van der Waals surface area contributed by atoms with Crippen LogP contribution in [0, 0.1) is 10.1 Å². The molecular weight excluding hydrogens is 205 g/mol. The average Bonchev–Trinajstić information content (AvgIpc) is 2.44. The third-order valence-electron chi connectivity index (χ3n) is 2.36. The van der Waals surface area contributed by atoms with Crippen LogP contribution in [0.4, 0.5) is 10.1 Å². The minimum atomic E-state index is -2.10. The lowest BCUT2D eigenvalue weighted by Crippen LogP contribution is -2.14. The van der Waals surface area contributed by atoms with Gasteiger partial charge in [0.05, 0.1) is 4.92 Å². The number of halogens is 1. The first-order valence-corrected chi connectivity index (χ1v) is 4.17. The first kappa shape index (κ1) is 9.72. The van der Waals surface area contributed by atoms with Crippen molar-refractivity contribution < 1.29 is 19.2 Å². The molecule has 0 amide bonds. The predicted molar refractivity (Wildman–Crippen MR) is 47.3 cm³/mol. The van der Waals surface area contributed by atoms with Gasteiger partial charge in [-0.15, -0.1) is 0 Å². The van der Waals surface area contributed by atoms with Crippen LogP contribution < -0.4 is 0 Å². The number of carbonyl (C=O) groups is 1. The van der Waals surface area contributed by atoms with E-state index in [4.69, 9.17) is 0 Å². The summed E-state index contributed by atoms with van der Waals surface area (Å²) in [4.78, 5) is 21.1. The summed E-state index contributed by atoms with van der Waals surface area (Å²) < 4.78 is 13.1. The number of aliphatic hydroxyl groups excluding tert-OH is 1. The van der Waals surface area contributed by atoms with Gasteiger partial charge in [0.1, 0.15) is 11.7 Å². The molecule has 0 fully saturated rings. The molecule has 78 valence electrons. The summed E-state index contributed by atoms with van der Waals surface area (Å²) in [6.07, 6.45) is -3.69. The molecular formula is C9H6FNO4. The maximum atomic E-state index is 13.1. The Balaban J connectivity index is 2.69. The number of ketones is 1. The zero-order chi connectivity index (χ0) is 11.2. The van der Waals surface area contributed by atoms with Gasteiger partial charge in [0, 0.05) is 11.6 Å². The summed E-state index contributed by atoms with van der Waals surface area (Å²) in [6, 6.07) is 3.73. The number of aliphatic hydroxyl groups is 1. The number of carbonyl (C=O) groups excluding carboxylic acids is 1. The van der Waals surface area contributed by atoms with Crippen LogP contribution in [-0.4, -0.2) is 22.0 Å². The SMILES string of the molecule is O=C1c2c(cccc2[N+](=O)[O-])C(O)C1F. The minimum Gasteiger partial charge on any atom is -0.385 e. The monoisotopic (exact) mass is 211 g/mol. The normalized spacial score (nSPS) is 24.0. The van der Waals surface area contributed by atoms with Crippen LogP contribution in [-0.2, 0) is 0 Å². The zero-order valence-corrected chi connectivity index (χ0v) is 7.38. The van der Waals surface area contributed by atoms with Crippen LogP contribution >= 0.6 is 0 Å². The number of fused-ring (bicyclic) bond motifs is 1. The van der Waals surface area contributed by atoms with Crippen molar-refractivity contribution in [2.75, 3.05) is 0 Å². The Morgan fingerprint density at radius 1 is 1.47 bits per heavy atom. The summed E-state index contributed by atoms with van der Waals surface area (Å²) >= 11 is 0. The van der Waals surface area contributed by atoms with Crippen molar-refractivity contribution in [3.05, 3.63) is 39.4 Å². The van der Waals surface area contributed by atoms with E-state index in [9.17, 15) is 24.4 Å². The number of nitro groups is 1. The van der Waals surface area contributed by atoms with Crippen molar-refractivity contribution in [3.63, 3.8) is 0 Å². The predicted octanol–water partition coefficient (Wildman–Crippen LogP) is 1.16. The van der Waals surface area contributed by atoms with E-state index < -0.39 is 28.7 Å². The lowest BCUT2D eigenvalue weighted by atomic mass is 10.1. The molecule has 0 saturated carbocycles. The molecule has 1 aromatic carbocycles. The minimum absolute atomic E-state index is 0.0123. The van der Waals surface area contributed by atoms with Gasteiger partial charge >= 0.3 is 0 Å². The summed E-state index contributed by atoms with van der Waals surface area (Å²) in [5, 5.41) is 19.9. The van der Waals surface area contributed by atoms with Crippen molar-refractivity contribution >= 4 is 11.5 Å². The summed E-state index contributed by atoms with van der Waals surface area (Å²) in [6.45, 7) is 0. The summed E-state index contributed by atoms with van der Waals surface area (Å²) in [7, 11) is 0. The maximum Gasteiger partial charge on any atom is 0.280 e. The Labute approximate surface area is 83.3 Å². The molecule has 2 rings (SSSR count). The molecule has 0 bridgehead atoms. The third kappa shape index (κ3) is 1.22. The number of nitro benzene ring substituents is 1. The Hall–Kier alpha value is -1.82. The quantitative estimate of drug-likeness (QED) is 0.558. The molecule has 5 nitrogen and oxygen atoms in total. The van der Waals surface area contributed by atoms with Gasteiger partial charge in [-0.25, -0.2) is 4.39 Å². The molecule has 1 aliphatic carbocycles. The topological polar surface area (TPSA) is 80.4 Å². The second kappa shape index (κ2) is 3.09. The highest BCUT2D eigenvalue weighted by Crippen LogP contribution is 2.38. The number of alkyl halides is 1. The molecule has 0 aliphatic heterocycles. The van der Waals surface area contributed by atoms with Gasteiger partial charge in [-0.2, -0.15) is 0 Å². The van der Waals surface area contributed by atoms with Gasteiger partial charge in [-0.3, -0.25) is 14.9 Å². The van der Waals surface area contributed by atoms with Gasteiger partial charge in [-0.05, 0) is 0 Å². The zero-order valence-electron chi connectivity index (χ0n) is 7.38. The first-order chi connectivity index (χ1) is 7.04. The fraction of sp³-hybridized carbons (Fsp3) is 0.222. The van der Waals surface area contributed by atoms with Gasteiger partial charge in [0.25, 0.3) is 5.69 Å². The first-order valence-electron chi connectivity index (χ1n) is 4.17. The standard InChI is InChI=1S/C9H6FNO4/c10-7-8(12)4-2-1-3-5(11(14)15)6(4)9(7)13/h1-3,7-8,12H. The van der Waals surface area contributed by atoms with Crippen molar-refractivity contribution in [1.29, 1.82) is 0 Å². The Morgan fingerprint density at radius 3 is 2.73 bits per heavy atom. The summed E-state index contributed by atoms with van der Waals surface area (Å²) in [5.74, 6) is -1.02. The molecule has 0 saturated heterocycles. The molecule has 1 N–H and O–H groups in total. The second-order valence-corrected chi connectivity index (χ2v) is 3.21. The highest BCUT2D eigenvalue weighted by Gasteiger charge is 2.43. The van der Waals surface area contributed by atoms with E-state index in [2.05, 4.69) is 0 Å². The smallest absolute Gasteiger partial charge is 0.280 e. The van der Waals surface area contributed by atoms with Crippen LogP contribution in [0.2, 0.25) is 0 Å². The van der Waals surface area contributed by atoms with Gasteiger partial charge < -0.3 is 5.11 Å². The van der Waals surface area contributed by atoms with Crippen molar-refractivity contribution in [3.8, 4) is 0 Å². The van der Waals surface area contributed by atoms with Gasteiger partial charge in [-0.1, -0.05) is 12.1 Å². The molecule has 6 heteroatoms. The van der Waals surface area contributed by atoms with E-state index in [0.29, 0.717) is 0 Å². The van der Waals surface area contributed by atoms with Crippen LogP contribution in [0.1, 0.15) is 22.0 Å². The van der Waals surface area contributed by atoms with Crippen LogP contribution in [0.15, 0.2) is 18.2 Å². The average molecular weight is 211 g/mol. The lowest BCUT2D eigenvalue weighted by molar-refractivity contribution is -0.385. The van der Waals surface area contributed by atoms with Crippen molar-refractivity contribution in [1.82, 2.24) is 0 Å². The molecule has 1 aromatic rings. The number of rotatable bonds is 1. The van der Waals surface area contributed by atoms with Gasteiger partial charge in [0.2, 0.25) is 5.78 Å². The van der Waals surface area contributed by atoms with Gasteiger partial charge in [0.15, 0.2) is 6.17 Å². The number of hydrogen-bond acceptors (Lipinski definition) is 4. The van der Waals surface area contributed by atoms with Crippen LogP contribution in [0.5, 0.6) is 0 Å². The van der Waals surface area contributed by atoms with Crippen LogP contribution in [0.25, 0.3) is 0 Å². The highest BCUT2D eigenvalue weighted by atomic mass is 19.1. The largest absolute Gasteiger partial charge is 0.385 e. The highest BCUT2D eigenvalue weighted by molar-refractivity contribution is 6.07. The van der Waals surface area contributed by atoms with Crippen molar-refractivity contribution in [2.45, 2.75) is 12.3 Å². The number of nitrogens with zero attached hydrogens (tertiary/aromatic N) is 1. The number of hydrogen-bond donors (Lipinski definition) is 1. The molecule has 2 unspecified atom stereocenters. The Kier molecular flexibility index (Phi) is 2.01. The van der Waals surface area contributed by atoms with Crippen molar-refractivity contribution in [2.24, 2.45) is 0 Å². The Morgan fingerprint density at radius 2 is 2.13 bits per heavy atom. The summed E-state index contributed by atoms with van der Waals surface area (Å²) in [5.41, 5.74) is -0.791. The van der Waals surface area contributed by atoms with E-state index in [0.717, 1.165) is 6.07 Å². The molecule has 0 radical (unpaired) electrons. The molecule has 1 aliphatic rings. The molecule has 2 atom stereocenters. The molecule has 0 heterocycles. The number of benzene rings is 1. The van der Waals surface area contributed by atoms with E-state index in [1.165, 1.54) is 12.1 Å². The van der Waals surface area contributed by atoms with E-state index in [-0.39, 0.29) is 11.1 Å². The van der Waals surface area contributed by atoms with E-state index in [1.807, 2.05) is 0 Å². The lowest BCUT2D eigenvalue weighted by Gasteiger charge is -2.02. The molecule has 15 heavy (non-hydrogen) atoms. The third-order valence-corrected chi connectivity index (χ3v) is 2.36. The number of Topliss-reactive ketones (excluding diaryl/α,β-unsaturated/α-hetero) is 1. The fourth-order valence-electron chi connectivity index (χ4n) is 1.66. The van der Waals surface area contributed by atoms with Crippen LogP contribution in [0.3, 0.4) is 0 Å². The maximum absolute atomic E-state index is 13.1.